The number of aliphatic carboxylic acids is 1. The lowest BCUT2D eigenvalue weighted by molar-refractivity contribution is -0.143. The second kappa shape index (κ2) is 14.2. The number of carboxylic acids is 1. The molecule has 0 aromatic rings. The van der Waals surface area contributed by atoms with Crippen LogP contribution < -0.4 is 27.0 Å². The summed E-state index contributed by atoms with van der Waals surface area (Å²) in [4.78, 5) is 74.0. The smallest absolute Gasteiger partial charge is 0.328 e. The van der Waals surface area contributed by atoms with Crippen molar-refractivity contribution in [3.63, 3.8) is 0 Å². The molecular weight excluding hydrogens is 464 g/mol. The molecule has 0 bridgehead atoms. The maximum Gasteiger partial charge on any atom is 0.328 e. The highest BCUT2D eigenvalue weighted by molar-refractivity contribution is 5.95. The standard InChI is InChI=1S/C21H36N6O8/c1-4-11(2)17(20(33)23-8-15(29)25-13(10-28)21(34)35)26-19(32)14-6-5-7-27(14)16(30)9-24-18(31)12(3)22/h11-14,17,28H,4-10,22H2,1-3H3,(H,23,33)(H,24,31)(H,25,29)(H,26,32)(H,34,35)/t11-,12-,13-,14-,17-/m0/s1. The van der Waals surface area contributed by atoms with Gasteiger partial charge in [0.2, 0.25) is 29.5 Å². The van der Waals surface area contributed by atoms with Gasteiger partial charge in [0.05, 0.1) is 25.7 Å². The number of aliphatic hydroxyl groups is 1. The minimum atomic E-state index is -1.51. The minimum Gasteiger partial charge on any atom is -0.480 e. The summed E-state index contributed by atoms with van der Waals surface area (Å²) in [6.07, 6.45) is 1.47. The summed E-state index contributed by atoms with van der Waals surface area (Å²) in [7, 11) is 0. The monoisotopic (exact) mass is 500 g/mol. The molecule has 1 aliphatic heterocycles. The summed E-state index contributed by atoms with van der Waals surface area (Å²) < 4.78 is 0. The number of hydrogen-bond acceptors (Lipinski definition) is 8. The number of rotatable bonds is 13. The number of carbonyl (C=O) groups excluding carboxylic acids is 5. The average molecular weight is 501 g/mol. The summed E-state index contributed by atoms with van der Waals surface area (Å²) >= 11 is 0. The van der Waals surface area contributed by atoms with Crippen molar-refractivity contribution in [2.45, 2.75) is 64.2 Å². The van der Waals surface area contributed by atoms with Gasteiger partial charge in [0.25, 0.3) is 0 Å². The first-order valence-corrected chi connectivity index (χ1v) is 11.5. The zero-order chi connectivity index (χ0) is 26.7. The first-order chi connectivity index (χ1) is 16.4. The molecule has 5 amide bonds. The highest BCUT2D eigenvalue weighted by atomic mass is 16.4. The Bertz CT molecular complexity index is 805. The van der Waals surface area contributed by atoms with Gasteiger partial charge >= 0.3 is 5.97 Å². The number of nitrogens with one attached hydrogen (secondary N) is 4. The van der Waals surface area contributed by atoms with Gasteiger partial charge in [-0.2, -0.15) is 0 Å². The summed E-state index contributed by atoms with van der Waals surface area (Å²) in [6, 6.07) is -4.12. The molecular formula is C21H36N6O8. The molecule has 0 aromatic carbocycles. The molecule has 198 valence electrons. The summed E-state index contributed by atoms with van der Waals surface area (Å²) in [6.45, 7) is 3.67. The van der Waals surface area contributed by atoms with Crippen molar-refractivity contribution >= 4 is 35.5 Å². The third kappa shape index (κ3) is 9.13. The van der Waals surface area contributed by atoms with Crippen LogP contribution in [-0.2, 0) is 28.8 Å². The van der Waals surface area contributed by atoms with Crippen LogP contribution in [0, 0.1) is 5.92 Å². The van der Waals surface area contributed by atoms with Crippen molar-refractivity contribution in [2.75, 3.05) is 26.2 Å². The molecule has 14 nitrogen and oxygen atoms in total. The number of carbonyl (C=O) groups is 6. The molecule has 1 heterocycles. The van der Waals surface area contributed by atoms with Crippen LogP contribution in [-0.4, -0.2) is 101 Å². The first kappa shape index (κ1) is 29.8. The second-order valence-electron chi connectivity index (χ2n) is 8.48. The maximum absolute atomic E-state index is 13.0. The van der Waals surface area contributed by atoms with Crippen molar-refractivity contribution in [3.05, 3.63) is 0 Å². The van der Waals surface area contributed by atoms with Crippen molar-refractivity contribution in [2.24, 2.45) is 11.7 Å². The molecule has 0 aliphatic carbocycles. The molecule has 8 N–H and O–H groups in total. The fraction of sp³-hybridized carbons (Fsp3) is 0.714. The van der Waals surface area contributed by atoms with Crippen LogP contribution in [0.4, 0.5) is 0 Å². The van der Waals surface area contributed by atoms with Gasteiger partial charge < -0.3 is 42.1 Å². The van der Waals surface area contributed by atoms with E-state index in [-0.39, 0.29) is 12.5 Å². The molecule has 14 heteroatoms. The van der Waals surface area contributed by atoms with Gasteiger partial charge in [-0.05, 0) is 25.7 Å². The number of hydrogen-bond donors (Lipinski definition) is 7. The second-order valence-corrected chi connectivity index (χ2v) is 8.48. The van der Waals surface area contributed by atoms with Crippen LogP contribution in [0.15, 0.2) is 0 Å². The highest BCUT2D eigenvalue weighted by Crippen LogP contribution is 2.18. The van der Waals surface area contributed by atoms with Gasteiger partial charge in [-0.1, -0.05) is 20.3 Å². The van der Waals surface area contributed by atoms with E-state index >= 15 is 0 Å². The van der Waals surface area contributed by atoms with Gasteiger partial charge in [-0.3, -0.25) is 24.0 Å². The number of aliphatic hydroxyl groups excluding tert-OH is 1. The fourth-order valence-electron chi connectivity index (χ4n) is 3.42. The molecule has 5 atom stereocenters. The molecule has 0 aromatic heterocycles. The predicted octanol–water partition coefficient (Wildman–Crippen LogP) is -3.35. The number of carboxylic acid groups (broad SMARTS) is 1. The third-order valence-electron chi connectivity index (χ3n) is 5.74. The van der Waals surface area contributed by atoms with Gasteiger partial charge in [-0.15, -0.1) is 0 Å². The van der Waals surface area contributed by atoms with E-state index in [0.717, 1.165) is 0 Å². The van der Waals surface area contributed by atoms with Crippen molar-refractivity contribution in [3.8, 4) is 0 Å². The largest absolute Gasteiger partial charge is 0.480 e. The molecule has 0 spiro atoms. The van der Waals surface area contributed by atoms with Gasteiger partial charge in [0.15, 0.2) is 0 Å². The predicted molar refractivity (Wildman–Crippen MR) is 122 cm³/mol. The van der Waals surface area contributed by atoms with E-state index in [1.54, 1.807) is 6.92 Å². The Balaban J connectivity index is 2.76. The van der Waals surface area contributed by atoms with E-state index in [1.807, 2.05) is 6.92 Å². The van der Waals surface area contributed by atoms with Crippen molar-refractivity contribution in [1.29, 1.82) is 0 Å². The molecule has 0 radical (unpaired) electrons. The first-order valence-electron chi connectivity index (χ1n) is 11.5. The summed E-state index contributed by atoms with van der Waals surface area (Å²) in [5, 5.41) is 27.3. The maximum atomic E-state index is 13.0. The molecule has 0 unspecified atom stereocenters. The molecule has 1 rings (SSSR count). The lowest BCUT2D eigenvalue weighted by Crippen LogP contribution is -2.57. The van der Waals surface area contributed by atoms with Gasteiger partial charge in [0, 0.05) is 6.54 Å². The normalized spacial score (nSPS) is 18.5. The van der Waals surface area contributed by atoms with Crippen LogP contribution in [0.2, 0.25) is 0 Å². The number of amides is 5. The van der Waals surface area contributed by atoms with Crippen molar-refractivity contribution in [1.82, 2.24) is 26.2 Å². The Morgan fingerprint density at radius 2 is 1.66 bits per heavy atom. The minimum absolute atomic E-state index is 0.306. The number of nitrogens with two attached hydrogens (primary N) is 1. The summed E-state index contributed by atoms with van der Waals surface area (Å²) in [5.41, 5.74) is 5.46. The van der Waals surface area contributed by atoms with Crippen molar-refractivity contribution < 1.29 is 39.0 Å². The molecule has 0 saturated carbocycles. The highest BCUT2D eigenvalue weighted by Gasteiger charge is 2.37. The topological polar surface area (TPSA) is 220 Å². The molecule has 1 saturated heterocycles. The van der Waals surface area contributed by atoms with Crippen LogP contribution >= 0.6 is 0 Å². The molecule has 1 fully saturated rings. The SMILES string of the molecule is CC[C@H](C)[C@H](NC(=O)[C@@H]1CCCN1C(=O)CNC(=O)[C@H](C)N)C(=O)NCC(=O)N[C@@H](CO)C(=O)O. The van der Waals surface area contributed by atoms with E-state index in [2.05, 4.69) is 21.3 Å². The third-order valence-corrected chi connectivity index (χ3v) is 5.74. The Labute approximate surface area is 203 Å². The lowest BCUT2D eigenvalue weighted by atomic mass is 9.97. The van der Waals surface area contributed by atoms with Crippen LogP contribution in [0.1, 0.15) is 40.0 Å². The van der Waals surface area contributed by atoms with Gasteiger partial charge in [-0.25, -0.2) is 4.79 Å². The van der Waals surface area contributed by atoms with E-state index in [9.17, 15) is 28.8 Å². The average Bonchev–Trinajstić information content (AvgIpc) is 3.31. The fourth-order valence-corrected chi connectivity index (χ4v) is 3.42. The van der Waals surface area contributed by atoms with E-state index in [1.165, 1.54) is 11.8 Å². The number of nitrogens with zero attached hydrogens (tertiary/aromatic N) is 1. The van der Waals surface area contributed by atoms with E-state index < -0.39 is 72.8 Å². The Morgan fingerprint density at radius 3 is 2.20 bits per heavy atom. The zero-order valence-electron chi connectivity index (χ0n) is 20.2. The lowest BCUT2D eigenvalue weighted by Gasteiger charge is -2.28. The van der Waals surface area contributed by atoms with Crippen LogP contribution in [0.3, 0.4) is 0 Å². The van der Waals surface area contributed by atoms with E-state index in [0.29, 0.717) is 25.8 Å². The van der Waals surface area contributed by atoms with Crippen LogP contribution in [0.25, 0.3) is 0 Å². The molecule has 35 heavy (non-hydrogen) atoms. The quantitative estimate of drug-likeness (QED) is 0.134. The van der Waals surface area contributed by atoms with Crippen LogP contribution in [0.5, 0.6) is 0 Å². The molecule has 1 aliphatic rings. The Morgan fingerprint density at radius 1 is 1.03 bits per heavy atom. The Kier molecular flexibility index (Phi) is 12.1. The zero-order valence-corrected chi connectivity index (χ0v) is 20.2. The summed E-state index contributed by atoms with van der Waals surface area (Å²) in [5.74, 6) is -4.70. The van der Waals surface area contributed by atoms with Gasteiger partial charge in [0.1, 0.15) is 18.1 Å². The number of likely N-dealkylation sites (tertiary alicyclic amines) is 1. The Hall–Kier alpha value is -3.26. The van der Waals surface area contributed by atoms with E-state index in [4.69, 9.17) is 15.9 Å².